The minimum Gasteiger partial charge on any atom is -0.497 e. The molecule has 0 radical (unpaired) electrons. The van der Waals surface area contributed by atoms with Gasteiger partial charge < -0.3 is 15.4 Å². The smallest absolute Gasteiger partial charge is 0.272 e. The maximum Gasteiger partial charge on any atom is 0.272 e. The predicted octanol–water partition coefficient (Wildman–Crippen LogP) is 3.55. The molecular formula is C26H27N7O2. The third kappa shape index (κ3) is 4.70. The number of methoxy groups -OCH3 is 1. The third-order valence-corrected chi connectivity index (χ3v) is 6.30. The van der Waals surface area contributed by atoms with Crippen molar-refractivity contribution in [3.05, 3.63) is 72.4 Å². The number of benzene rings is 1. The molecule has 3 aromatic heterocycles. The predicted molar refractivity (Wildman–Crippen MR) is 133 cm³/mol. The summed E-state index contributed by atoms with van der Waals surface area (Å²) in [6.07, 6.45) is 7.16. The molecule has 1 fully saturated rings. The van der Waals surface area contributed by atoms with Gasteiger partial charge in [0.1, 0.15) is 11.4 Å². The number of rotatable bonds is 5. The number of piperidine rings is 1. The Morgan fingerprint density at radius 1 is 1.09 bits per heavy atom. The first-order valence-corrected chi connectivity index (χ1v) is 11.5. The molecule has 0 unspecified atom stereocenters. The van der Waals surface area contributed by atoms with E-state index in [0.717, 1.165) is 46.7 Å². The van der Waals surface area contributed by atoms with Gasteiger partial charge in [-0.25, -0.2) is 15.0 Å². The Morgan fingerprint density at radius 2 is 1.91 bits per heavy atom. The van der Waals surface area contributed by atoms with Gasteiger partial charge in [-0.2, -0.15) is 5.10 Å². The summed E-state index contributed by atoms with van der Waals surface area (Å²) in [6, 6.07) is 13.3. The Morgan fingerprint density at radius 3 is 2.66 bits per heavy atom. The number of nitrogens with two attached hydrogens (primary N) is 1. The number of nitrogen functional groups attached to an aromatic ring is 1. The molecule has 1 amide bonds. The monoisotopic (exact) mass is 469 g/mol. The lowest BCUT2D eigenvalue weighted by Gasteiger charge is -2.33. The van der Waals surface area contributed by atoms with Crippen LogP contribution in [0.1, 0.15) is 34.9 Å². The van der Waals surface area contributed by atoms with Crippen LogP contribution in [0, 0.1) is 0 Å². The van der Waals surface area contributed by atoms with E-state index in [0.29, 0.717) is 18.8 Å². The molecule has 1 aromatic carbocycles. The van der Waals surface area contributed by atoms with Crippen molar-refractivity contribution in [2.45, 2.75) is 18.8 Å². The van der Waals surface area contributed by atoms with Crippen LogP contribution in [-0.4, -0.2) is 55.7 Å². The fourth-order valence-corrected chi connectivity index (χ4v) is 4.53. The van der Waals surface area contributed by atoms with Gasteiger partial charge in [-0.05, 0) is 42.7 Å². The van der Waals surface area contributed by atoms with Crippen molar-refractivity contribution >= 4 is 11.9 Å². The minimum absolute atomic E-state index is 0.0385. The van der Waals surface area contributed by atoms with E-state index in [4.69, 9.17) is 10.5 Å². The summed E-state index contributed by atoms with van der Waals surface area (Å²) in [6.45, 7) is 1.21. The van der Waals surface area contributed by atoms with Crippen LogP contribution in [0.25, 0.3) is 22.4 Å². The van der Waals surface area contributed by atoms with E-state index in [1.54, 1.807) is 30.3 Å². The Hall–Kier alpha value is -4.27. The van der Waals surface area contributed by atoms with Gasteiger partial charge in [0.15, 0.2) is 0 Å². The summed E-state index contributed by atoms with van der Waals surface area (Å²) in [5.74, 6) is 0.957. The maximum atomic E-state index is 13.4. The number of aryl methyl sites for hydroxylation is 1. The van der Waals surface area contributed by atoms with Crippen LogP contribution in [0.5, 0.6) is 5.75 Å². The number of nitrogens with zero attached hydrogens (tertiary/aromatic N) is 6. The van der Waals surface area contributed by atoms with Gasteiger partial charge in [-0.1, -0.05) is 18.2 Å². The molecular weight excluding hydrogens is 442 g/mol. The average Bonchev–Trinajstić information content (AvgIpc) is 3.35. The second-order valence-corrected chi connectivity index (χ2v) is 8.66. The summed E-state index contributed by atoms with van der Waals surface area (Å²) < 4.78 is 7.00. The highest BCUT2D eigenvalue weighted by molar-refractivity contribution is 5.93. The molecule has 5 rings (SSSR count). The Labute approximate surface area is 203 Å². The lowest BCUT2D eigenvalue weighted by Crippen LogP contribution is -2.39. The van der Waals surface area contributed by atoms with Crippen molar-refractivity contribution in [1.82, 2.24) is 29.6 Å². The Balaban J connectivity index is 1.41. The SMILES string of the molecule is COc1ccc(-c2cnc(N)nc2[C@H]2CCCN(C(=O)c3cccc(-c4cnn(C)c4)n3)C2)cc1. The van der Waals surface area contributed by atoms with Gasteiger partial charge in [0.25, 0.3) is 5.91 Å². The summed E-state index contributed by atoms with van der Waals surface area (Å²) in [5.41, 5.74) is 10.8. The van der Waals surface area contributed by atoms with Crippen molar-refractivity contribution in [3.63, 3.8) is 0 Å². The van der Waals surface area contributed by atoms with Crippen molar-refractivity contribution in [3.8, 4) is 28.1 Å². The van der Waals surface area contributed by atoms with E-state index in [1.807, 2.05) is 54.5 Å². The van der Waals surface area contributed by atoms with E-state index in [9.17, 15) is 4.79 Å². The topological polar surface area (TPSA) is 112 Å². The molecule has 9 heteroatoms. The minimum atomic E-state index is -0.0894. The zero-order valence-electron chi connectivity index (χ0n) is 19.8. The average molecular weight is 470 g/mol. The van der Waals surface area contributed by atoms with Gasteiger partial charge in [-0.3, -0.25) is 9.48 Å². The number of aromatic nitrogens is 5. The van der Waals surface area contributed by atoms with Crippen LogP contribution in [0.15, 0.2) is 61.1 Å². The number of pyridine rings is 1. The quantitative estimate of drug-likeness (QED) is 0.476. The highest BCUT2D eigenvalue weighted by Crippen LogP contribution is 2.34. The van der Waals surface area contributed by atoms with Crippen LogP contribution in [0.3, 0.4) is 0 Å². The number of carbonyl (C=O) groups excluding carboxylic acids is 1. The first-order valence-electron chi connectivity index (χ1n) is 11.5. The van der Waals surface area contributed by atoms with Gasteiger partial charge in [0, 0.05) is 49.6 Å². The molecule has 35 heavy (non-hydrogen) atoms. The molecule has 0 spiro atoms. The summed E-state index contributed by atoms with van der Waals surface area (Å²) in [7, 11) is 3.49. The number of ether oxygens (including phenoxy) is 1. The van der Waals surface area contributed by atoms with Gasteiger partial charge in [0.2, 0.25) is 5.95 Å². The van der Waals surface area contributed by atoms with Crippen molar-refractivity contribution in [1.29, 1.82) is 0 Å². The number of amides is 1. The summed E-state index contributed by atoms with van der Waals surface area (Å²) in [4.78, 5) is 28.8. The van der Waals surface area contributed by atoms with Gasteiger partial charge >= 0.3 is 0 Å². The first kappa shape index (κ1) is 22.5. The molecule has 4 heterocycles. The Kier molecular flexibility index (Phi) is 6.13. The standard InChI is InChI=1S/C26H27N7O2/c1-32-15-19(13-29-32)22-6-3-7-23(30-22)25(34)33-12-4-5-18(16-33)24-21(14-28-26(27)31-24)17-8-10-20(35-2)11-9-17/h3,6-11,13-15,18H,4-5,12,16H2,1-2H3,(H2,27,28,31)/t18-/m0/s1. The molecule has 1 saturated heterocycles. The number of hydrogen-bond donors (Lipinski definition) is 1. The number of anilines is 1. The molecule has 0 saturated carbocycles. The molecule has 1 aliphatic heterocycles. The van der Waals surface area contributed by atoms with Gasteiger partial charge in [-0.15, -0.1) is 0 Å². The van der Waals surface area contributed by atoms with Crippen molar-refractivity contribution in [2.24, 2.45) is 7.05 Å². The summed E-state index contributed by atoms with van der Waals surface area (Å²) in [5, 5.41) is 4.20. The van der Waals surface area contributed by atoms with E-state index < -0.39 is 0 Å². The normalized spacial score (nSPS) is 15.7. The molecule has 178 valence electrons. The second-order valence-electron chi connectivity index (χ2n) is 8.66. The molecule has 4 aromatic rings. The van der Waals surface area contributed by atoms with Crippen LogP contribution in [0.4, 0.5) is 5.95 Å². The molecule has 2 N–H and O–H groups in total. The number of likely N-dealkylation sites (tertiary alicyclic amines) is 1. The lowest BCUT2D eigenvalue weighted by molar-refractivity contribution is 0.0700. The van der Waals surface area contributed by atoms with Crippen molar-refractivity contribution in [2.75, 3.05) is 25.9 Å². The fraction of sp³-hybridized carbons (Fsp3) is 0.269. The Bertz CT molecular complexity index is 1350. The van der Waals surface area contributed by atoms with E-state index in [-0.39, 0.29) is 17.8 Å². The molecule has 1 atom stereocenters. The second kappa shape index (κ2) is 9.54. The fourth-order valence-electron chi connectivity index (χ4n) is 4.53. The van der Waals surface area contributed by atoms with Crippen molar-refractivity contribution < 1.29 is 9.53 Å². The molecule has 9 nitrogen and oxygen atoms in total. The first-order chi connectivity index (χ1) is 17.0. The van der Waals surface area contributed by atoms with E-state index >= 15 is 0 Å². The van der Waals surface area contributed by atoms with Crippen LogP contribution in [-0.2, 0) is 7.05 Å². The lowest BCUT2D eigenvalue weighted by atomic mass is 9.89. The molecule has 1 aliphatic rings. The third-order valence-electron chi connectivity index (χ3n) is 6.30. The van der Waals surface area contributed by atoms with E-state index in [1.165, 1.54) is 0 Å². The highest BCUT2D eigenvalue weighted by Gasteiger charge is 2.29. The zero-order valence-corrected chi connectivity index (χ0v) is 19.8. The highest BCUT2D eigenvalue weighted by atomic mass is 16.5. The number of hydrogen-bond acceptors (Lipinski definition) is 7. The summed E-state index contributed by atoms with van der Waals surface area (Å²) >= 11 is 0. The maximum absolute atomic E-state index is 13.4. The molecule has 0 aliphatic carbocycles. The van der Waals surface area contributed by atoms with Crippen LogP contribution >= 0.6 is 0 Å². The van der Waals surface area contributed by atoms with Gasteiger partial charge in [0.05, 0.1) is 24.7 Å². The largest absolute Gasteiger partial charge is 0.497 e. The van der Waals surface area contributed by atoms with Crippen LogP contribution < -0.4 is 10.5 Å². The molecule has 0 bridgehead atoms. The number of carbonyl (C=O) groups is 1. The van der Waals surface area contributed by atoms with Crippen LogP contribution in [0.2, 0.25) is 0 Å². The van der Waals surface area contributed by atoms with E-state index in [2.05, 4.69) is 20.1 Å². The zero-order chi connectivity index (χ0) is 24.4.